The van der Waals surface area contributed by atoms with Crippen LogP contribution in [0.25, 0.3) is 0 Å². The monoisotopic (exact) mass is 173 g/mol. The first-order valence-electron chi connectivity index (χ1n) is 4.00. The fraction of sp³-hybridized carbons (Fsp3) is 0.778. The first kappa shape index (κ1) is 11.1. The highest BCUT2D eigenvalue weighted by atomic mass is 32.2. The zero-order valence-electron chi connectivity index (χ0n) is 7.81. The van der Waals surface area contributed by atoms with Crippen molar-refractivity contribution >= 4 is 11.8 Å². The molecule has 66 valence electrons. The number of thioether (sulfide) groups is 1. The van der Waals surface area contributed by atoms with Gasteiger partial charge in [-0.05, 0) is 31.4 Å². The van der Waals surface area contributed by atoms with Crippen molar-refractivity contribution in [3.05, 3.63) is 12.2 Å². The maximum Gasteiger partial charge on any atom is 0.0159 e. The molecule has 1 atom stereocenters. The second kappa shape index (κ2) is 6.74. The Labute approximate surface area is 74.6 Å². The summed E-state index contributed by atoms with van der Waals surface area (Å²) in [6.45, 7) is 10.2. The molecule has 0 aromatic rings. The van der Waals surface area contributed by atoms with Gasteiger partial charge in [0.1, 0.15) is 0 Å². The van der Waals surface area contributed by atoms with Gasteiger partial charge in [0.15, 0.2) is 0 Å². The molecule has 0 spiro atoms. The third kappa shape index (κ3) is 7.95. The van der Waals surface area contributed by atoms with Gasteiger partial charge in [0.25, 0.3) is 0 Å². The van der Waals surface area contributed by atoms with E-state index in [9.17, 15) is 0 Å². The SMILES string of the molecule is C=C(C)CNCC(C)CSC. The molecule has 0 aromatic heterocycles. The van der Waals surface area contributed by atoms with Crippen molar-refractivity contribution in [2.75, 3.05) is 25.1 Å². The van der Waals surface area contributed by atoms with Gasteiger partial charge in [-0.3, -0.25) is 0 Å². The van der Waals surface area contributed by atoms with Crippen LogP contribution in [0, 0.1) is 5.92 Å². The molecule has 0 radical (unpaired) electrons. The number of hydrogen-bond acceptors (Lipinski definition) is 2. The molecule has 0 aliphatic heterocycles. The maximum atomic E-state index is 3.83. The maximum absolute atomic E-state index is 3.83. The van der Waals surface area contributed by atoms with E-state index < -0.39 is 0 Å². The van der Waals surface area contributed by atoms with E-state index in [2.05, 4.69) is 25.1 Å². The molecule has 0 bridgehead atoms. The highest BCUT2D eigenvalue weighted by Gasteiger charge is 1.98. The van der Waals surface area contributed by atoms with E-state index in [0.717, 1.165) is 19.0 Å². The van der Waals surface area contributed by atoms with Crippen molar-refractivity contribution in [2.24, 2.45) is 5.92 Å². The predicted octanol–water partition coefficient (Wildman–Crippen LogP) is 2.15. The molecular weight excluding hydrogens is 154 g/mol. The Morgan fingerprint density at radius 3 is 2.73 bits per heavy atom. The molecule has 0 heterocycles. The van der Waals surface area contributed by atoms with Crippen molar-refractivity contribution in [3.8, 4) is 0 Å². The molecular formula is C9H19NS. The van der Waals surface area contributed by atoms with Gasteiger partial charge in [-0.25, -0.2) is 0 Å². The molecule has 0 aliphatic carbocycles. The van der Waals surface area contributed by atoms with E-state index in [4.69, 9.17) is 0 Å². The van der Waals surface area contributed by atoms with Crippen molar-refractivity contribution < 1.29 is 0 Å². The van der Waals surface area contributed by atoms with Gasteiger partial charge in [-0.2, -0.15) is 11.8 Å². The summed E-state index contributed by atoms with van der Waals surface area (Å²) in [6, 6.07) is 0. The molecule has 0 fully saturated rings. The number of nitrogens with one attached hydrogen (secondary N) is 1. The molecule has 0 aliphatic rings. The Hall–Kier alpha value is 0.0500. The third-order valence-corrected chi connectivity index (χ3v) is 2.27. The van der Waals surface area contributed by atoms with Crippen LogP contribution in [0.15, 0.2) is 12.2 Å². The van der Waals surface area contributed by atoms with Gasteiger partial charge in [0, 0.05) is 6.54 Å². The molecule has 2 heteroatoms. The molecule has 0 amide bonds. The molecule has 0 saturated heterocycles. The molecule has 0 saturated carbocycles. The topological polar surface area (TPSA) is 12.0 Å². The van der Waals surface area contributed by atoms with Crippen LogP contribution in [-0.4, -0.2) is 25.1 Å². The summed E-state index contributed by atoms with van der Waals surface area (Å²) in [5, 5.41) is 3.36. The zero-order valence-corrected chi connectivity index (χ0v) is 8.63. The second-order valence-electron chi connectivity index (χ2n) is 3.15. The summed E-state index contributed by atoms with van der Waals surface area (Å²) in [5.41, 5.74) is 1.21. The Morgan fingerprint density at radius 1 is 1.64 bits per heavy atom. The Balaban J connectivity index is 3.16. The first-order chi connectivity index (χ1) is 5.16. The average molecular weight is 173 g/mol. The number of rotatable bonds is 6. The molecule has 1 N–H and O–H groups in total. The Kier molecular flexibility index (Phi) is 6.77. The molecule has 0 rings (SSSR count). The smallest absolute Gasteiger partial charge is 0.0159 e. The summed E-state index contributed by atoms with van der Waals surface area (Å²) < 4.78 is 0. The average Bonchev–Trinajstić information content (AvgIpc) is 1.87. The van der Waals surface area contributed by atoms with Gasteiger partial charge < -0.3 is 5.32 Å². The summed E-state index contributed by atoms with van der Waals surface area (Å²) in [6.07, 6.45) is 2.15. The van der Waals surface area contributed by atoms with Crippen molar-refractivity contribution in [3.63, 3.8) is 0 Å². The lowest BCUT2D eigenvalue weighted by atomic mass is 10.2. The normalized spacial score (nSPS) is 13.0. The summed E-state index contributed by atoms with van der Waals surface area (Å²) >= 11 is 1.91. The molecule has 1 unspecified atom stereocenters. The minimum Gasteiger partial charge on any atom is -0.313 e. The fourth-order valence-electron chi connectivity index (χ4n) is 0.875. The van der Waals surface area contributed by atoms with Crippen LogP contribution in [0.1, 0.15) is 13.8 Å². The van der Waals surface area contributed by atoms with Crippen LogP contribution < -0.4 is 5.32 Å². The summed E-state index contributed by atoms with van der Waals surface area (Å²) in [4.78, 5) is 0. The van der Waals surface area contributed by atoms with E-state index >= 15 is 0 Å². The lowest BCUT2D eigenvalue weighted by Gasteiger charge is -2.10. The predicted molar refractivity (Wildman–Crippen MR) is 55.2 cm³/mol. The lowest BCUT2D eigenvalue weighted by Crippen LogP contribution is -2.23. The van der Waals surface area contributed by atoms with Gasteiger partial charge in [-0.1, -0.05) is 19.1 Å². The second-order valence-corrected chi connectivity index (χ2v) is 4.06. The zero-order chi connectivity index (χ0) is 8.69. The highest BCUT2D eigenvalue weighted by molar-refractivity contribution is 7.98. The number of hydrogen-bond donors (Lipinski definition) is 1. The van der Waals surface area contributed by atoms with Gasteiger partial charge in [-0.15, -0.1) is 0 Å². The van der Waals surface area contributed by atoms with Crippen molar-refractivity contribution in [2.45, 2.75) is 13.8 Å². The van der Waals surface area contributed by atoms with Crippen LogP contribution in [0.2, 0.25) is 0 Å². The van der Waals surface area contributed by atoms with Crippen LogP contribution in [0.3, 0.4) is 0 Å². The molecule has 0 aromatic carbocycles. The lowest BCUT2D eigenvalue weighted by molar-refractivity contribution is 0.580. The van der Waals surface area contributed by atoms with Gasteiger partial charge >= 0.3 is 0 Å². The first-order valence-corrected chi connectivity index (χ1v) is 5.40. The van der Waals surface area contributed by atoms with E-state index in [-0.39, 0.29) is 0 Å². The minimum absolute atomic E-state index is 0.768. The van der Waals surface area contributed by atoms with E-state index in [1.54, 1.807) is 0 Å². The van der Waals surface area contributed by atoms with Crippen LogP contribution in [0.5, 0.6) is 0 Å². The van der Waals surface area contributed by atoms with Crippen LogP contribution >= 0.6 is 11.8 Å². The van der Waals surface area contributed by atoms with E-state index in [0.29, 0.717) is 0 Å². The van der Waals surface area contributed by atoms with Crippen molar-refractivity contribution in [1.82, 2.24) is 5.32 Å². The Morgan fingerprint density at radius 2 is 2.27 bits per heavy atom. The minimum atomic E-state index is 0.768. The van der Waals surface area contributed by atoms with Crippen LogP contribution in [0.4, 0.5) is 0 Å². The van der Waals surface area contributed by atoms with E-state index in [1.165, 1.54) is 11.3 Å². The Bertz CT molecular complexity index is 112. The van der Waals surface area contributed by atoms with Crippen molar-refractivity contribution in [1.29, 1.82) is 0 Å². The summed E-state index contributed by atoms with van der Waals surface area (Å²) in [5.74, 6) is 2.01. The van der Waals surface area contributed by atoms with E-state index in [1.807, 2.05) is 18.7 Å². The quantitative estimate of drug-likeness (QED) is 0.618. The largest absolute Gasteiger partial charge is 0.313 e. The standard InChI is InChI=1S/C9H19NS/c1-8(2)5-10-6-9(3)7-11-4/h9-10H,1,5-7H2,2-4H3. The molecule has 11 heavy (non-hydrogen) atoms. The fourth-order valence-corrected chi connectivity index (χ4v) is 1.56. The third-order valence-electron chi connectivity index (χ3n) is 1.37. The van der Waals surface area contributed by atoms with Gasteiger partial charge in [0.05, 0.1) is 0 Å². The highest BCUT2D eigenvalue weighted by Crippen LogP contribution is 2.02. The van der Waals surface area contributed by atoms with Crippen LogP contribution in [-0.2, 0) is 0 Å². The summed E-state index contributed by atoms with van der Waals surface area (Å²) in [7, 11) is 0. The van der Waals surface area contributed by atoms with Gasteiger partial charge in [0.2, 0.25) is 0 Å². The molecule has 1 nitrogen and oxygen atoms in total.